The highest BCUT2D eigenvalue weighted by Crippen LogP contribution is 2.42. The molecule has 1 saturated carbocycles. The van der Waals surface area contributed by atoms with E-state index in [1.165, 1.54) is 0 Å². The first kappa shape index (κ1) is 14.6. The highest BCUT2D eigenvalue weighted by Gasteiger charge is 2.34. The van der Waals surface area contributed by atoms with Crippen LogP contribution >= 0.6 is 0 Å². The standard InChI is InChI=1S/C16H20N4O2/c1-10(2)17-16(21)14-15(11-4-5-11)20(19-18-14)12-6-8-13(22-3)9-7-12/h6-11H,4-5H2,1-3H3,(H,17,21). The lowest BCUT2D eigenvalue weighted by molar-refractivity contribution is 0.0937. The van der Waals surface area contributed by atoms with Crippen LogP contribution in [-0.4, -0.2) is 34.1 Å². The van der Waals surface area contributed by atoms with E-state index in [9.17, 15) is 4.79 Å². The largest absolute Gasteiger partial charge is 0.497 e. The molecule has 1 fully saturated rings. The average molecular weight is 300 g/mol. The molecule has 1 aromatic carbocycles. The molecule has 1 heterocycles. The number of hydrogen-bond acceptors (Lipinski definition) is 4. The molecule has 116 valence electrons. The molecule has 2 aromatic rings. The van der Waals surface area contributed by atoms with Crippen LogP contribution < -0.4 is 10.1 Å². The summed E-state index contributed by atoms with van der Waals surface area (Å²) in [5.41, 5.74) is 2.23. The third-order valence-corrected chi connectivity index (χ3v) is 3.62. The number of rotatable bonds is 5. The Morgan fingerprint density at radius 3 is 2.55 bits per heavy atom. The number of carbonyl (C=O) groups is 1. The Morgan fingerprint density at radius 2 is 2.00 bits per heavy atom. The molecule has 1 aliphatic rings. The number of methoxy groups -OCH3 is 1. The van der Waals surface area contributed by atoms with Crippen molar-refractivity contribution in [3.05, 3.63) is 35.7 Å². The second kappa shape index (κ2) is 5.79. The van der Waals surface area contributed by atoms with Crippen molar-refractivity contribution in [1.82, 2.24) is 20.3 Å². The van der Waals surface area contributed by atoms with Crippen LogP contribution in [0.5, 0.6) is 5.75 Å². The fraction of sp³-hybridized carbons (Fsp3) is 0.438. The minimum atomic E-state index is -0.156. The third-order valence-electron chi connectivity index (χ3n) is 3.62. The summed E-state index contributed by atoms with van der Waals surface area (Å²) >= 11 is 0. The number of benzene rings is 1. The van der Waals surface area contributed by atoms with Crippen LogP contribution in [0.15, 0.2) is 24.3 Å². The van der Waals surface area contributed by atoms with E-state index in [1.807, 2.05) is 38.1 Å². The topological polar surface area (TPSA) is 69.0 Å². The molecular formula is C16H20N4O2. The van der Waals surface area contributed by atoms with Crippen LogP contribution in [-0.2, 0) is 0 Å². The van der Waals surface area contributed by atoms with Crippen molar-refractivity contribution in [3.8, 4) is 11.4 Å². The van der Waals surface area contributed by atoms with Crippen LogP contribution in [0.25, 0.3) is 5.69 Å². The van der Waals surface area contributed by atoms with Crippen molar-refractivity contribution in [3.63, 3.8) is 0 Å². The number of aromatic nitrogens is 3. The van der Waals surface area contributed by atoms with Gasteiger partial charge in [-0.2, -0.15) is 0 Å². The molecule has 0 bridgehead atoms. The number of amides is 1. The van der Waals surface area contributed by atoms with Crippen LogP contribution in [0.2, 0.25) is 0 Å². The average Bonchev–Trinajstić information content (AvgIpc) is 3.25. The number of nitrogens with zero attached hydrogens (tertiary/aromatic N) is 3. The molecule has 0 aliphatic heterocycles. The van der Waals surface area contributed by atoms with Gasteiger partial charge in [0.1, 0.15) is 5.75 Å². The minimum Gasteiger partial charge on any atom is -0.497 e. The monoisotopic (exact) mass is 300 g/mol. The van der Waals surface area contributed by atoms with E-state index in [1.54, 1.807) is 11.8 Å². The predicted molar refractivity (Wildman–Crippen MR) is 82.5 cm³/mol. The molecule has 0 saturated heterocycles. The smallest absolute Gasteiger partial charge is 0.273 e. The summed E-state index contributed by atoms with van der Waals surface area (Å²) in [6.07, 6.45) is 2.15. The molecule has 1 amide bonds. The molecule has 0 spiro atoms. The van der Waals surface area contributed by atoms with E-state index < -0.39 is 0 Å². The Labute approximate surface area is 129 Å². The summed E-state index contributed by atoms with van der Waals surface area (Å²) in [7, 11) is 1.63. The third kappa shape index (κ3) is 2.81. The summed E-state index contributed by atoms with van der Waals surface area (Å²) in [5.74, 6) is 0.997. The molecule has 6 nitrogen and oxygen atoms in total. The lowest BCUT2D eigenvalue weighted by Crippen LogP contribution is -2.31. The SMILES string of the molecule is COc1ccc(-n2nnc(C(=O)NC(C)C)c2C2CC2)cc1. The summed E-state index contributed by atoms with van der Waals surface area (Å²) < 4.78 is 6.94. The zero-order chi connectivity index (χ0) is 15.7. The van der Waals surface area contributed by atoms with E-state index in [0.29, 0.717) is 11.6 Å². The van der Waals surface area contributed by atoms with Crippen molar-refractivity contribution >= 4 is 5.91 Å². The molecule has 1 aromatic heterocycles. The van der Waals surface area contributed by atoms with Gasteiger partial charge in [0, 0.05) is 12.0 Å². The van der Waals surface area contributed by atoms with Gasteiger partial charge in [0.05, 0.1) is 18.5 Å². The number of carbonyl (C=O) groups excluding carboxylic acids is 1. The maximum atomic E-state index is 12.3. The Bertz CT molecular complexity index is 672. The summed E-state index contributed by atoms with van der Waals surface area (Å²) in [6.45, 7) is 3.87. The zero-order valence-corrected chi connectivity index (χ0v) is 13.0. The molecular weight excluding hydrogens is 280 g/mol. The lowest BCUT2D eigenvalue weighted by atomic mass is 10.2. The van der Waals surface area contributed by atoms with Gasteiger partial charge in [-0.05, 0) is 51.0 Å². The van der Waals surface area contributed by atoms with Gasteiger partial charge in [-0.15, -0.1) is 5.10 Å². The number of hydrogen-bond donors (Lipinski definition) is 1. The van der Waals surface area contributed by atoms with E-state index >= 15 is 0 Å². The van der Waals surface area contributed by atoms with Crippen LogP contribution in [0.1, 0.15) is 48.8 Å². The Balaban J connectivity index is 1.97. The Morgan fingerprint density at radius 1 is 1.32 bits per heavy atom. The van der Waals surface area contributed by atoms with Crippen molar-refractivity contribution in [1.29, 1.82) is 0 Å². The first-order chi connectivity index (χ1) is 10.6. The van der Waals surface area contributed by atoms with Crippen molar-refractivity contribution in [2.45, 2.75) is 38.6 Å². The summed E-state index contributed by atoms with van der Waals surface area (Å²) in [5, 5.41) is 11.2. The lowest BCUT2D eigenvalue weighted by Gasteiger charge is -2.09. The molecule has 6 heteroatoms. The molecule has 0 radical (unpaired) electrons. The normalized spacial score (nSPS) is 14.2. The van der Waals surface area contributed by atoms with E-state index in [2.05, 4.69) is 15.6 Å². The Hall–Kier alpha value is -2.37. The van der Waals surface area contributed by atoms with E-state index in [0.717, 1.165) is 30.0 Å². The van der Waals surface area contributed by atoms with Gasteiger partial charge in [-0.25, -0.2) is 4.68 Å². The molecule has 22 heavy (non-hydrogen) atoms. The molecule has 1 aliphatic carbocycles. The molecule has 0 unspecified atom stereocenters. The fourth-order valence-corrected chi connectivity index (χ4v) is 2.42. The summed E-state index contributed by atoms with van der Waals surface area (Å²) in [4.78, 5) is 12.3. The van der Waals surface area contributed by atoms with Gasteiger partial charge in [0.15, 0.2) is 5.69 Å². The maximum Gasteiger partial charge on any atom is 0.273 e. The predicted octanol–water partition coefficient (Wildman–Crippen LogP) is 2.29. The quantitative estimate of drug-likeness (QED) is 0.920. The molecule has 1 N–H and O–H groups in total. The van der Waals surface area contributed by atoms with E-state index in [-0.39, 0.29) is 11.9 Å². The van der Waals surface area contributed by atoms with Crippen molar-refractivity contribution in [2.24, 2.45) is 0 Å². The zero-order valence-electron chi connectivity index (χ0n) is 13.0. The van der Waals surface area contributed by atoms with Crippen molar-refractivity contribution in [2.75, 3.05) is 7.11 Å². The van der Waals surface area contributed by atoms with Gasteiger partial charge in [-0.3, -0.25) is 4.79 Å². The van der Waals surface area contributed by atoms with Gasteiger partial charge < -0.3 is 10.1 Å². The van der Waals surface area contributed by atoms with Gasteiger partial charge in [0.25, 0.3) is 5.91 Å². The van der Waals surface area contributed by atoms with E-state index in [4.69, 9.17) is 4.74 Å². The van der Waals surface area contributed by atoms with Crippen LogP contribution in [0.3, 0.4) is 0 Å². The maximum absolute atomic E-state index is 12.3. The van der Waals surface area contributed by atoms with Crippen LogP contribution in [0.4, 0.5) is 0 Å². The highest BCUT2D eigenvalue weighted by molar-refractivity contribution is 5.93. The van der Waals surface area contributed by atoms with Gasteiger partial charge >= 0.3 is 0 Å². The van der Waals surface area contributed by atoms with Crippen molar-refractivity contribution < 1.29 is 9.53 Å². The van der Waals surface area contributed by atoms with Gasteiger partial charge in [0.2, 0.25) is 0 Å². The first-order valence-corrected chi connectivity index (χ1v) is 7.51. The fourth-order valence-electron chi connectivity index (χ4n) is 2.42. The minimum absolute atomic E-state index is 0.0747. The second-order valence-corrected chi connectivity index (χ2v) is 5.84. The first-order valence-electron chi connectivity index (χ1n) is 7.51. The molecule has 0 atom stereocenters. The second-order valence-electron chi connectivity index (χ2n) is 5.84. The van der Waals surface area contributed by atoms with Crippen LogP contribution in [0, 0.1) is 0 Å². The Kier molecular flexibility index (Phi) is 3.83. The highest BCUT2D eigenvalue weighted by atomic mass is 16.5. The molecule has 3 rings (SSSR count). The van der Waals surface area contributed by atoms with Gasteiger partial charge in [-0.1, -0.05) is 5.21 Å². The summed E-state index contributed by atoms with van der Waals surface area (Å²) in [6, 6.07) is 7.67. The number of ether oxygens (including phenoxy) is 1. The number of nitrogens with one attached hydrogen (secondary N) is 1.